The molecule has 1 aromatic carbocycles. The Morgan fingerprint density at radius 2 is 1.87 bits per heavy atom. The van der Waals surface area contributed by atoms with Crippen molar-refractivity contribution in [3.05, 3.63) is 51.6 Å². The maximum atomic E-state index is 13.2. The van der Waals surface area contributed by atoms with Crippen molar-refractivity contribution in [1.29, 1.82) is 0 Å². The molecule has 39 heavy (non-hydrogen) atoms. The molecule has 1 aliphatic rings. The molecule has 2 aromatic heterocycles. The summed E-state index contributed by atoms with van der Waals surface area (Å²) in [5.41, 5.74) is 0.513. The second-order valence-electron chi connectivity index (χ2n) is 9.72. The minimum atomic E-state index is -1.26. The van der Waals surface area contributed by atoms with Crippen LogP contribution < -0.4 is 16.3 Å². The molecule has 13 heteroatoms. The molecule has 4 rings (SSSR count). The SMILES string of the molecule is CC(=O)NC(c1cn(C(CC(=O)O)C(=O)Nc2ccc3c(C)c(CC(=O)O)c(=O)oc3c2)nn1)C1CCCC1. The minimum Gasteiger partial charge on any atom is -0.481 e. The van der Waals surface area contributed by atoms with Crippen LogP contribution >= 0.6 is 0 Å². The number of fused-ring (bicyclic) bond motifs is 1. The zero-order chi connectivity index (χ0) is 28.3. The van der Waals surface area contributed by atoms with Gasteiger partial charge in [0, 0.05) is 24.1 Å². The van der Waals surface area contributed by atoms with Gasteiger partial charge in [-0.3, -0.25) is 19.2 Å². The smallest absolute Gasteiger partial charge is 0.340 e. The molecule has 2 atom stereocenters. The molecule has 0 radical (unpaired) electrons. The molecule has 206 valence electrons. The fourth-order valence-electron chi connectivity index (χ4n) is 5.05. The van der Waals surface area contributed by atoms with Crippen LogP contribution in [0.15, 0.2) is 33.6 Å². The molecule has 3 aromatic rings. The molecule has 2 amide bonds. The maximum Gasteiger partial charge on any atom is 0.340 e. The summed E-state index contributed by atoms with van der Waals surface area (Å²) < 4.78 is 6.46. The lowest BCUT2D eigenvalue weighted by Crippen LogP contribution is -2.31. The Bertz CT molecular complexity index is 1490. The van der Waals surface area contributed by atoms with E-state index in [-0.39, 0.29) is 28.7 Å². The highest BCUT2D eigenvalue weighted by Gasteiger charge is 2.31. The van der Waals surface area contributed by atoms with E-state index in [2.05, 4.69) is 20.9 Å². The summed E-state index contributed by atoms with van der Waals surface area (Å²) in [7, 11) is 0. The van der Waals surface area contributed by atoms with Gasteiger partial charge in [-0.15, -0.1) is 5.10 Å². The van der Waals surface area contributed by atoms with Crippen LogP contribution in [-0.2, 0) is 25.6 Å². The Kier molecular flexibility index (Phi) is 8.07. The van der Waals surface area contributed by atoms with E-state index < -0.39 is 48.4 Å². The number of rotatable bonds is 10. The molecule has 1 aliphatic carbocycles. The fourth-order valence-corrected chi connectivity index (χ4v) is 5.05. The summed E-state index contributed by atoms with van der Waals surface area (Å²) in [6, 6.07) is 2.87. The number of amides is 2. The number of benzene rings is 1. The number of carboxylic acid groups (broad SMARTS) is 2. The van der Waals surface area contributed by atoms with Gasteiger partial charge in [0.05, 0.1) is 30.6 Å². The van der Waals surface area contributed by atoms with Crippen molar-refractivity contribution < 1.29 is 33.8 Å². The van der Waals surface area contributed by atoms with Crippen LogP contribution in [0.1, 0.15) is 67.9 Å². The van der Waals surface area contributed by atoms with Gasteiger partial charge in [-0.05, 0) is 43.4 Å². The first-order valence-corrected chi connectivity index (χ1v) is 12.5. The van der Waals surface area contributed by atoms with Crippen LogP contribution in [0, 0.1) is 12.8 Å². The topological polar surface area (TPSA) is 194 Å². The average Bonchev–Trinajstić information content (AvgIpc) is 3.56. The predicted octanol–water partition coefficient (Wildman–Crippen LogP) is 2.34. The largest absolute Gasteiger partial charge is 0.481 e. The van der Waals surface area contributed by atoms with Gasteiger partial charge in [0.15, 0.2) is 0 Å². The van der Waals surface area contributed by atoms with Crippen molar-refractivity contribution in [2.75, 3.05) is 5.32 Å². The third kappa shape index (κ3) is 6.30. The van der Waals surface area contributed by atoms with E-state index in [1.165, 1.54) is 29.9 Å². The number of aryl methyl sites for hydroxylation is 1. The molecule has 0 aliphatic heterocycles. The number of aromatic nitrogens is 3. The van der Waals surface area contributed by atoms with Crippen molar-refractivity contribution >= 4 is 40.4 Å². The van der Waals surface area contributed by atoms with Crippen molar-refractivity contribution in [2.24, 2.45) is 5.92 Å². The average molecular weight is 540 g/mol. The Morgan fingerprint density at radius 1 is 1.15 bits per heavy atom. The zero-order valence-electron chi connectivity index (χ0n) is 21.5. The van der Waals surface area contributed by atoms with Crippen molar-refractivity contribution in [1.82, 2.24) is 20.3 Å². The Hall–Kier alpha value is -4.55. The molecule has 2 heterocycles. The first-order valence-electron chi connectivity index (χ1n) is 12.5. The summed E-state index contributed by atoms with van der Waals surface area (Å²) in [6.45, 7) is 3.02. The number of carbonyl (C=O) groups excluding carboxylic acids is 2. The number of hydrogen-bond acceptors (Lipinski definition) is 8. The Labute approximate surface area is 222 Å². The summed E-state index contributed by atoms with van der Waals surface area (Å²) in [6.07, 6.45) is 4.31. The molecular formula is C26H29N5O8. The first-order chi connectivity index (χ1) is 18.5. The number of carboxylic acids is 2. The third-order valence-electron chi connectivity index (χ3n) is 6.95. The van der Waals surface area contributed by atoms with Crippen LogP contribution in [0.2, 0.25) is 0 Å². The predicted molar refractivity (Wildman–Crippen MR) is 137 cm³/mol. The molecule has 0 spiro atoms. The number of carbonyl (C=O) groups is 4. The normalized spacial score (nSPS) is 15.1. The van der Waals surface area contributed by atoms with Gasteiger partial charge in [-0.1, -0.05) is 18.1 Å². The standard InChI is InChI=1S/C26H29N5O8/c1-13-17-8-7-16(9-21(17)39-26(38)18(13)10-22(33)34)28-25(37)20(11-23(35)36)31-12-19(29-30-31)24(27-14(2)32)15-5-3-4-6-15/h7-9,12,15,20,24H,3-6,10-11H2,1-2H3,(H,27,32)(H,28,37)(H,33,34)(H,35,36). The lowest BCUT2D eigenvalue weighted by Gasteiger charge is -2.22. The first kappa shape index (κ1) is 27.5. The quantitative estimate of drug-likeness (QED) is 0.278. The molecular weight excluding hydrogens is 510 g/mol. The fraction of sp³-hybridized carbons (Fsp3) is 0.423. The highest BCUT2D eigenvalue weighted by atomic mass is 16.4. The van der Waals surface area contributed by atoms with Crippen molar-refractivity contribution in [2.45, 2.75) is 64.5 Å². The van der Waals surface area contributed by atoms with Gasteiger partial charge in [0.25, 0.3) is 0 Å². The molecule has 0 saturated heterocycles. The number of nitrogens with zero attached hydrogens (tertiary/aromatic N) is 3. The molecule has 0 bridgehead atoms. The van der Waals surface area contributed by atoms with E-state index in [1.54, 1.807) is 13.0 Å². The Balaban J connectivity index is 1.60. The van der Waals surface area contributed by atoms with Gasteiger partial charge in [-0.25, -0.2) is 9.48 Å². The van der Waals surface area contributed by atoms with Gasteiger partial charge >= 0.3 is 17.6 Å². The maximum absolute atomic E-state index is 13.2. The van der Waals surface area contributed by atoms with Crippen LogP contribution in [-0.4, -0.2) is 49.0 Å². The molecule has 4 N–H and O–H groups in total. The van der Waals surface area contributed by atoms with Crippen LogP contribution in [0.25, 0.3) is 11.0 Å². The zero-order valence-corrected chi connectivity index (χ0v) is 21.5. The summed E-state index contributed by atoms with van der Waals surface area (Å²) in [5.74, 6) is -3.15. The summed E-state index contributed by atoms with van der Waals surface area (Å²) in [5, 5.41) is 32.7. The van der Waals surface area contributed by atoms with E-state index in [4.69, 9.17) is 9.52 Å². The van der Waals surface area contributed by atoms with Gasteiger partial charge in [-0.2, -0.15) is 0 Å². The lowest BCUT2D eigenvalue weighted by atomic mass is 9.95. The highest BCUT2D eigenvalue weighted by molar-refractivity contribution is 5.97. The molecule has 1 saturated carbocycles. The Morgan fingerprint density at radius 3 is 2.51 bits per heavy atom. The second kappa shape index (κ2) is 11.5. The number of anilines is 1. The van der Waals surface area contributed by atoms with Crippen LogP contribution in [0.5, 0.6) is 0 Å². The van der Waals surface area contributed by atoms with E-state index in [9.17, 15) is 29.1 Å². The van der Waals surface area contributed by atoms with E-state index in [0.29, 0.717) is 16.6 Å². The monoisotopic (exact) mass is 539 g/mol. The summed E-state index contributed by atoms with van der Waals surface area (Å²) in [4.78, 5) is 60.1. The van der Waals surface area contributed by atoms with Crippen LogP contribution in [0.3, 0.4) is 0 Å². The van der Waals surface area contributed by atoms with Gasteiger partial charge < -0.3 is 25.3 Å². The molecule has 2 unspecified atom stereocenters. The number of aliphatic carboxylic acids is 2. The van der Waals surface area contributed by atoms with Gasteiger partial charge in [0.1, 0.15) is 17.3 Å². The second-order valence-corrected chi connectivity index (χ2v) is 9.72. The molecule has 13 nitrogen and oxygen atoms in total. The lowest BCUT2D eigenvalue weighted by molar-refractivity contribution is -0.140. The third-order valence-corrected chi connectivity index (χ3v) is 6.95. The van der Waals surface area contributed by atoms with E-state index in [0.717, 1.165) is 25.7 Å². The van der Waals surface area contributed by atoms with E-state index >= 15 is 0 Å². The van der Waals surface area contributed by atoms with Gasteiger partial charge in [0.2, 0.25) is 11.8 Å². The van der Waals surface area contributed by atoms with Crippen molar-refractivity contribution in [3.8, 4) is 0 Å². The molecule has 1 fully saturated rings. The van der Waals surface area contributed by atoms with E-state index in [1.807, 2.05) is 0 Å². The number of nitrogens with one attached hydrogen (secondary N) is 2. The summed E-state index contributed by atoms with van der Waals surface area (Å²) >= 11 is 0. The highest BCUT2D eigenvalue weighted by Crippen LogP contribution is 2.35. The van der Waals surface area contributed by atoms with Crippen molar-refractivity contribution in [3.63, 3.8) is 0 Å². The number of hydrogen-bond donors (Lipinski definition) is 4. The minimum absolute atomic E-state index is 0.0328. The van der Waals surface area contributed by atoms with Crippen LogP contribution in [0.4, 0.5) is 5.69 Å².